The molecule has 0 saturated heterocycles. The molecule has 1 amide bonds. The number of hydrogen-bond donors (Lipinski definition) is 1. The van der Waals surface area contributed by atoms with Crippen molar-refractivity contribution in [3.05, 3.63) is 71.5 Å². The van der Waals surface area contributed by atoms with Crippen molar-refractivity contribution in [2.24, 2.45) is 0 Å². The number of nitrogens with one attached hydrogen (secondary N) is 1. The lowest BCUT2D eigenvalue weighted by atomic mass is 9.64. The van der Waals surface area contributed by atoms with Gasteiger partial charge in [-0.3, -0.25) is 4.79 Å². The van der Waals surface area contributed by atoms with Crippen LogP contribution in [0.5, 0.6) is 0 Å². The Bertz CT molecular complexity index is 649. The van der Waals surface area contributed by atoms with Crippen LogP contribution < -0.4 is 5.32 Å². The lowest BCUT2D eigenvalue weighted by molar-refractivity contribution is -0.129. The average Bonchev–Trinajstić information content (AvgIpc) is 2.47. The highest BCUT2D eigenvalue weighted by molar-refractivity contribution is 5.89. The highest BCUT2D eigenvalue weighted by Crippen LogP contribution is 2.44. The minimum atomic E-state index is -0.529. The summed E-state index contributed by atoms with van der Waals surface area (Å²) in [5.74, 6) is -0.249. The standard InChI is InChI=1S/C19H20FNO/c20-17-9-4-8-16(14-17)19(11-5-12-19)18(22)21-13-10-15-6-2-1-3-7-15/h1-4,6-9,14H,5,10-13H2,(H,21,22). The van der Waals surface area contributed by atoms with Crippen LogP contribution in [0.25, 0.3) is 0 Å². The zero-order chi connectivity index (χ0) is 15.4. The molecule has 2 aromatic rings. The quantitative estimate of drug-likeness (QED) is 0.897. The molecule has 0 atom stereocenters. The first-order valence-electron chi connectivity index (χ1n) is 7.79. The van der Waals surface area contributed by atoms with E-state index in [2.05, 4.69) is 17.4 Å². The Kier molecular flexibility index (Phi) is 4.23. The maximum atomic E-state index is 13.5. The van der Waals surface area contributed by atoms with E-state index in [1.807, 2.05) is 24.3 Å². The van der Waals surface area contributed by atoms with Gasteiger partial charge in [0.25, 0.3) is 0 Å². The number of halogens is 1. The zero-order valence-electron chi connectivity index (χ0n) is 12.5. The number of carbonyl (C=O) groups is 1. The molecule has 0 heterocycles. The van der Waals surface area contributed by atoms with Crippen molar-refractivity contribution >= 4 is 5.91 Å². The second-order valence-electron chi connectivity index (χ2n) is 5.94. The second-order valence-corrected chi connectivity index (χ2v) is 5.94. The Morgan fingerprint density at radius 1 is 1.09 bits per heavy atom. The Morgan fingerprint density at radius 3 is 2.50 bits per heavy atom. The number of carbonyl (C=O) groups excluding carboxylic acids is 1. The van der Waals surface area contributed by atoms with E-state index >= 15 is 0 Å². The van der Waals surface area contributed by atoms with Gasteiger partial charge in [-0.25, -0.2) is 4.39 Å². The largest absolute Gasteiger partial charge is 0.355 e. The van der Waals surface area contributed by atoms with Crippen molar-refractivity contribution in [1.29, 1.82) is 0 Å². The summed E-state index contributed by atoms with van der Waals surface area (Å²) < 4.78 is 13.5. The topological polar surface area (TPSA) is 29.1 Å². The third-order valence-corrected chi connectivity index (χ3v) is 4.56. The van der Waals surface area contributed by atoms with Gasteiger partial charge in [0.1, 0.15) is 5.82 Å². The fourth-order valence-electron chi connectivity index (χ4n) is 3.10. The minimum absolute atomic E-state index is 0.0280. The van der Waals surface area contributed by atoms with E-state index in [-0.39, 0.29) is 11.7 Å². The molecular weight excluding hydrogens is 277 g/mol. The van der Waals surface area contributed by atoms with Crippen LogP contribution in [-0.4, -0.2) is 12.5 Å². The summed E-state index contributed by atoms with van der Waals surface area (Å²) in [6.07, 6.45) is 3.43. The van der Waals surface area contributed by atoms with Gasteiger partial charge < -0.3 is 5.32 Å². The molecule has 114 valence electrons. The summed E-state index contributed by atoms with van der Waals surface area (Å²) in [5.41, 5.74) is 1.48. The molecule has 0 bridgehead atoms. The number of amides is 1. The van der Waals surface area contributed by atoms with Gasteiger partial charge in [0.2, 0.25) is 5.91 Å². The fraction of sp³-hybridized carbons (Fsp3) is 0.316. The van der Waals surface area contributed by atoms with Crippen LogP contribution >= 0.6 is 0 Å². The number of rotatable bonds is 5. The molecule has 1 fully saturated rings. The van der Waals surface area contributed by atoms with Gasteiger partial charge in [0, 0.05) is 6.54 Å². The molecular formula is C19H20FNO. The van der Waals surface area contributed by atoms with Gasteiger partial charge >= 0.3 is 0 Å². The average molecular weight is 297 g/mol. The molecule has 1 aliphatic rings. The maximum absolute atomic E-state index is 13.5. The summed E-state index contributed by atoms with van der Waals surface area (Å²) in [6.45, 7) is 0.611. The van der Waals surface area contributed by atoms with Gasteiger partial charge in [0.05, 0.1) is 5.41 Å². The third-order valence-electron chi connectivity index (χ3n) is 4.56. The Balaban J connectivity index is 1.65. The van der Waals surface area contributed by atoms with Gasteiger partial charge in [-0.05, 0) is 42.5 Å². The normalized spacial score (nSPS) is 15.9. The van der Waals surface area contributed by atoms with E-state index in [0.717, 1.165) is 31.2 Å². The summed E-state index contributed by atoms with van der Waals surface area (Å²) in [7, 11) is 0. The summed E-state index contributed by atoms with van der Waals surface area (Å²) in [4.78, 5) is 12.6. The summed E-state index contributed by atoms with van der Waals surface area (Å²) >= 11 is 0. The zero-order valence-corrected chi connectivity index (χ0v) is 12.5. The molecule has 2 nitrogen and oxygen atoms in total. The molecule has 0 spiro atoms. The van der Waals surface area contributed by atoms with Gasteiger partial charge in [0.15, 0.2) is 0 Å². The molecule has 0 aromatic heterocycles. The number of hydrogen-bond acceptors (Lipinski definition) is 1. The van der Waals surface area contributed by atoms with Crippen LogP contribution in [0.1, 0.15) is 30.4 Å². The van der Waals surface area contributed by atoms with E-state index in [9.17, 15) is 9.18 Å². The summed E-state index contributed by atoms with van der Waals surface area (Å²) in [6, 6.07) is 16.5. The van der Waals surface area contributed by atoms with Gasteiger partial charge in [-0.15, -0.1) is 0 Å². The minimum Gasteiger partial charge on any atom is -0.355 e. The van der Waals surface area contributed by atoms with Crippen molar-refractivity contribution < 1.29 is 9.18 Å². The van der Waals surface area contributed by atoms with E-state index in [1.54, 1.807) is 6.07 Å². The van der Waals surface area contributed by atoms with Crippen molar-refractivity contribution in [1.82, 2.24) is 5.32 Å². The predicted molar refractivity (Wildman–Crippen MR) is 85.1 cm³/mol. The third kappa shape index (κ3) is 2.89. The molecule has 22 heavy (non-hydrogen) atoms. The van der Waals surface area contributed by atoms with Crippen LogP contribution in [0.4, 0.5) is 4.39 Å². The first kappa shape index (κ1) is 14.8. The van der Waals surface area contributed by atoms with E-state index in [0.29, 0.717) is 6.54 Å². The maximum Gasteiger partial charge on any atom is 0.230 e. The first-order valence-corrected chi connectivity index (χ1v) is 7.79. The van der Waals surface area contributed by atoms with Crippen molar-refractivity contribution in [2.75, 3.05) is 6.54 Å². The molecule has 1 aliphatic carbocycles. The van der Waals surface area contributed by atoms with Gasteiger partial charge in [-0.2, -0.15) is 0 Å². The van der Waals surface area contributed by atoms with Crippen molar-refractivity contribution in [3.8, 4) is 0 Å². The van der Waals surface area contributed by atoms with E-state index in [4.69, 9.17) is 0 Å². The highest BCUT2D eigenvalue weighted by atomic mass is 19.1. The van der Waals surface area contributed by atoms with E-state index < -0.39 is 5.41 Å². The predicted octanol–water partition coefficient (Wildman–Crippen LogP) is 3.61. The van der Waals surface area contributed by atoms with Crippen LogP contribution in [-0.2, 0) is 16.6 Å². The lowest BCUT2D eigenvalue weighted by Gasteiger charge is -2.40. The molecule has 3 rings (SSSR count). The molecule has 0 radical (unpaired) electrons. The Morgan fingerprint density at radius 2 is 1.86 bits per heavy atom. The number of benzene rings is 2. The van der Waals surface area contributed by atoms with E-state index in [1.165, 1.54) is 17.7 Å². The Hall–Kier alpha value is -2.16. The Labute approximate surface area is 130 Å². The van der Waals surface area contributed by atoms with Crippen LogP contribution in [0.2, 0.25) is 0 Å². The van der Waals surface area contributed by atoms with Crippen LogP contribution in [0, 0.1) is 5.82 Å². The lowest BCUT2D eigenvalue weighted by Crippen LogP contribution is -2.49. The molecule has 0 aliphatic heterocycles. The second kappa shape index (κ2) is 6.30. The van der Waals surface area contributed by atoms with Crippen LogP contribution in [0.15, 0.2) is 54.6 Å². The van der Waals surface area contributed by atoms with Crippen LogP contribution in [0.3, 0.4) is 0 Å². The SMILES string of the molecule is O=C(NCCc1ccccc1)C1(c2cccc(F)c2)CCC1. The molecule has 2 aromatic carbocycles. The molecule has 1 saturated carbocycles. The van der Waals surface area contributed by atoms with Gasteiger partial charge in [-0.1, -0.05) is 48.9 Å². The first-order chi connectivity index (χ1) is 10.7. The molecule has 3 heteroatoms. The van der Waals surface area contributed by atoms with Crippen molar-refractivity contribution in [2.45, 2.75) is 31.1 Å². The highest BCUT2D eigenvalue weighted by Gasteiger charge is 2.45. The molecule has 1 N–H and O–H groups in total. The van der Waals surface area contributed by atoms with Crippen molar-refractivity contribution in [3.63, 3.8) is 0 Å². The summed E-state index contributed by atoms with van der Waals surface area (Å²) in [5, 5.41) is 3.03. The fourth-order valence-corrected chi connectivity index (χ4v) is 3.10. The molecule has 0 unspecified atom stereocenters. The monoisotopic (exact) mass is 297 g/mol. The smallest absolute Gasteiger partial charge is 0.230 e.